The number of carbonyl (C=O) groups is 1. The lowest BCUT2D eigenvalue weighted by molar-refractivity contribution is -0.129. The number of unbranched alkanes of at least 4 members (excludes halogenated alkanes) is 1. The van der Waals surface area contributed by atoms with E-state index in [0.29, 0.717) is 0 Å². The average molecular weight is 314 g/mol. The maximum atomic E-state index is 12.6. The molecule has 0 spiro atoms. The van der Waals surface area contributed by atoms with E-state index < -0.39 is 0 Å². The third-order valence-corrected chi connectivity index (χ3v) is 4.87. The van der Waals surface area contributed by atoms with Crippen LogP contribution in [0.3, 0.4) is 0 Å². The number of nitrogens with zero attached hydrogens (tertiary/aromatic N) is 1. The molecule has 1 aromatic rings. The quantitative estimate of drug-likeness (QED) is 0.738. The molecule has 1 aliphatic heterocycles. The fraction of sp³-hybridized carbons (Fsp3) is 0.550. The van der Waals surface area contributed by atoms with Gasteiger partial charge in [0.1, 0.15) is 6.17 Å². The van der Waals surface area contributed by atoms with E-state index in [1.807, 2.05) is 17.9 Å². The number of hydrogen-bond donors (Lipinski definition) is 1. The minimum atomic E-state index is 0.0693. The van der Waals surface area contributed by atoms with Crippen LogP contribution in [0.1, 0.15) is 52.5 Å². The molecule has 0 aromatic heterocycles. The molecule has 0 saturated carbocycles. The van der Waals surface area contributed by atoms with Gasteiger partial charge in [-0.25, -0.2) is 0 Å². The molecule has 23 heavy (non-hydrogen) atoms. The van der Waals surface area contributed by atoms with Gasteiger partial charge in [0.05, 0.1) is 0 Å². The second-order valence-electron chi connectivity index (χ2n) is 6.60. The number of hydrogen-bond acceptors (Lipinski definition) is 2. The molecule has 1 aromatic carbocycles. The van der Waals surface area contributed by atoms with Gasteiger partial charge in [-0.1, -0.05) is 43.7 Å². The zero-order chi connectivity index (χ0) is 16.8. The highest BCUT2D eigenvalue weighted by Crippen LogP contribution is 2.27. The van der Waals surface area contributed by atoms with Crippen LogP contribution in [0, 0.1) is 0 Å². The highest BCUT2D eigenvalue weighted by atomic mass is 16.2. The largest absolute Gasteiger partial charge is 0.317 e. The van der Waals surface area contributed by atoms with Crippen molar-refractivity contribution in [2.45, 2.75) is 65.6 Å². The first-order valence-corrected chi connectivity index (χ1v) is 8.83. The van der Waals surface area contributed by atoms with Crippen molar-refractivity contribution in [1.29, 1.82) is 0 Å². The van der Waals surface area contributed by atoms with E-state index in [9.17, 15) is 4.79 Å². The molecule has 2 atom stereocenters. The molecule has 3 nitrogen and oxygen atoms in total. The summed E-state index contributed by atoms with van der Waals surface area (Å²) in [6, 6.07) is 10.7. The van der Waals surface area contributed by atoms with E-state index in [-0.39, 0.29) is 18.1 Å². The zero-order valence-electron chi connectivity index (χ0n) is 14.9. The van der Waals surface area contributed by atoms with E-state index in [4.69, 9.17) is 0 Å². The molecule has 1 amide bonds. The lowest BCUT2D eigenvalue weighted by atomic mass is 10.0. The molecule has 0 fully saturated rings. The van der Waals surface area contributed by atoms with Crippen LogP contribution >= 0.6 is 0 Å². The van der Waals surface area contributed by atoms with E-state index in [0.717, 1.165) is 31.4 Å². The Hall–Kier alpha value is -1.61. The van der Waals surface area contributed by atoms with Gasteiger partial charge in [0.15, 0.2) is 0 Å². The van der Waals surface area contributed by atoms with Crippen molar-refractivity contribution >= 4 is 5.91 Å². The average Bonchev–Trinajstić information content (AvgIpc) is 2.78. The molecular weight excluding hydrogens is 284 g/mol. The van der Waals surface area contributed by atoms with Crippen LogP contribution in [0.15, 0.2) is 41.5 Å². The first kappa shape index (κ1) is 17.7. The number of nitrogens with one attached hydrogen (secondary N) is 1. The van der Waals surface area contributed by atoms with Crippen LogP contribution in [0.25, 0.3) is 0 Å². The fourth-order valence-corrected chi connectivity index (χ4v) is 3.17. The molecule has 1 heterocycles. The van der Waals surface area contributed by atoms with Gasteiger partial charge in [-0.3, -0.25) is 10.1 Å². The Morgan fingerprint density at radius 1 is 1.22 bits per heavy atom. The topological polar surface area (TPSA) is 32.3 Å². The molecule has 2 rings (SSSR count). The predicted molar refractivity (Wildman–Crippen MR) is 96.1 cm³/mol. The van der Waals surface area contributed by atoms with Gasteiger partial charge in [-0.05, 0) is 57.7 Å². The van der Waals surface area contributed by atoms with Crippen LogP contribution in [0.2, 0.25) is 0 Å². The molecule has 3 heteroatoms. The van der Waals surface area contributed by atoms with Gasteiger partial charge in [-0.2, -0.15) is 0 Å². The van der Waals surface area contributed by atoms with Crippen LogP contribution in [0.5, 0.6) is 0 Å². The maximum absolute atomic E-state index is 12.6. The molecule has 0 bridgehead atoms. The Kier molecular flexibility index (Phi) is 6.40. The highest BCUT2D eigenvalue weighted by molar-refractivity contribution is 5.97. The lowest BCUT2D eigenvalue weighted by Gasteiger charge is -2.33. The van der Waals surface area contributed by atoms with E-state index in [2.05, 4.69) is 50.4 Å². The van der Waals surface area contributed by atoms with Crippen molar-refractivity contribution in [1.82, 2.24) is 10.2 Å². The summed E-state index contributed by atoms with van der Waals surface area (Å²) in [5.41, 5.74) is 3.42. The van der Waals surface area contributed by atoms with Gasteiger partial charge in [0.25, 0.3) is 5.91 Å². The monoisotopic (exact) mass is 314 g/mol. The van der Waals surface area contributed by atoms with Crippen molar-refractivity contribution < 1.29 is 4.79 Å². The summed E-state index contributed by atoms with van der Waals surface area (Å²) in [5.74, 6) is 0.192. The molecule has 0 radical (unpaired) electrons. The number of rotatable bonds is 8. The van der Waals surface area contributed by atoms with Crippen molar-refractivity contribution in [2.75, 3.05) is 6.54 Å². The van der Waals surface area contributed by atoms with Crippen molar-refractivity contribution in [3.05, 3.63) is 47.0 Å². The summed E-state index contributed by atoms with van der Waals surface area (Å²) in [6.45, 7) is 9.36. The lowest BCUT2D eigenvalue weighted by Crippen LogP contribution is -2.49. The molecule has 1 N–H and O–H groups in total. The molecule has 126 valence electrons. The van der Waals surface area contributed by atoms with E-state index >= 15 is 0 Å². The summed E-state index contributed by atoms with van der Waals surface area (Å²) >= 11 is 0. The van der Waals surface area contributed by atoms with Crippen molar-refractivity contribution in [3.8, 4) is 0 Å². The normalized spacial score (nSPS) is 19.6. The van der Waals surface area contributed by atoms with Crippen LogP contribution in [-0.2, 0) is 11.2 Å². The summed E-state index contributed by atoms with van der Waals surface area (Å²) in [7, 11) is 0. The Morgan fingerprint density at radius 2 is 1.91 bits per heavy atom. The summed E-state index contributed by atoms with van der Waals surface area (Å²) < 4.78 is 0. The Labute approximate surface area is 140 Å². The first-order valence-electron chi connectivity index (χ1n) is 8.83. The van der Waals surface area contributed by atoms with Crippen LogP contribution in [0.4, 0.5) is 0 Å². The summed E-state index contributed by atoms with van der Waals surface area (Å²) in [4.78, 5) is 14.7. The minimum Gasteiger partial charge on any atom is -0.317 e. The number of amides is 1. The maximum Gasteiger partial charge on any atom is 0.251 e. The number of aryl methyl sites for hydroxylation is 1. The van der Waals surface area contributed by atoms with Crippen molar-refractivity contribution in [3.63, 3.8) is 0 Å². The SMILES string of the molecule is CCCCN[C@H]1C(C)=C(C)C(=O)N1[C@@H](C)CCc1ccccc1. The third kappa shape index (κ3) is 4.23. The second-order valence-corrected chi connectivity index (χ2v) is 6.60. The van der Waals surface area contributed by atoms with E-state index in [1.165, 1.54) is 17.6 Å². The third-order valence-electron chi connectivity index (χ3n) is 4.87. The minimum absolute atomic E-state index is 0.0693. The zero-order valence-corrected chi connectivity index (χ0v) is 14.9. The number of carbonyl (C=O) groups excluding carboxylic acids is 1. The smallest absolute Gasteiger partial charge is 0.251 e. The Bertz CT molecular complexity index is 550. The first-order chi connectivity index (χ1) is 11.1. The Morgan fingerprint density at radius 3 is 2.57 bits per heavy atom. The van der Waals surface area contributed by atoms with Gasteiger partial charge >= 0.3 is 0 Å². The molecular formula is C20H30N2O. The van der Waals surface area contributed by atoms with Gasteiger partial charge in [0.2, 0.25) is 0 Å². The van der Waals surface area contributed by atoms with Gasteiger partial charge < -0.3 is 4.90 Å². The van der Waals surface area contributed by atoms with Gasteiger partial charge in [0, 0.05) is 11.6 Å². The summed E-state index contributed by atoms with van der Waals surface area (Å²) in [5, 5.41) is 3.57. The number of benzene rings is 1. The van der Waals surface area contributed by atoms with Crippen molar-refractivity contribution in [2.24, 2.45) is 0 Å². The molecule has 0 aliphatic carbocycles. The summed E-state index contributed by atoms with van der Waals surface area (Å²) in [6.07, 6.45) is 4.37. The van der Waals surface area contributed by atoms with Gasteiger partial charge in [-0.15, -0.1) is 0 Å². The highest BCUT2D eigenvalue weighted by Gasteiger charge is 2.36. The molecule has 0 saturated heterocycles. The Balaban J connectivity index is 2.01. The van der Waals surface area contributed by atoms with Crippen LogP contribution < -0.4 is 5.32 Å². The predicted octanol–water partition coefficient (Wildman–Crippen LogP) is 3.90. The van der Waals surface area contributed by atoms with E-state index in [1.54, 1.807) is 0 Å². The fourth-order valence-electron chi connectivity index (χ4n) is 3.17. The molecule has 1 aliphatic rings. The molecule has 0 unspecified atom stereocenters. The second kappa shape index (κ2) is 8.30. The standard InChI is InChI=1S/C20H30N2O/c1-5-6-14-21-19-16(3)17(4)20(23)22(19)15(2)12-13-18-10-8-7-9-11-18/h7-11,15,19,21H,5-6,12-14H2,1-4H3/t15-,19+/m0/s1. The van der Waals surface area contributed by atoms with Crippen LogP contribution in [-0.4, -0.2) is 29.6 Å².